The molecule has 2 saturated heterocycles. The summed E-state index contributed by atoms with van der Waals surface area (Å²) in [5, 5.41) is 14.1. The van der Waals surface area contributed by atoms with Gasteiger partial charge in [-0.3, -0.25) is 9.69 Å². The summed E-state index contributed by atoms with van der Waals surface area (Å²) in [5.41, 5.74) is 2.67. The van der Waals surface area contributed by atoms with Gasteiger partial charge in [0.1, 0.15) is 11.9 Å². The van der Waals surface area contributed by atoms with Gasteiger partial charge in [0.15, 0.2) is 0 Å². The first kappa shape index (κ1) is 24.4. The summed E-state index contributed by atoms with van der Waals surface area (Å²) < 4.78 is 0. The van der Waals surface area contributed by atoms with E-state index in [2.05, 4.69) is 41.4 Å². The number of fused-ring (bicyclic) bond motifs is 1. The molecule has 0 saturated carbocycles. The number of piperazine rings is 1. The molecule has 0 radical (unpaired) electrons. The van der Waals surface area contributed by atoms with Gasteiger partial charge in [0.2, 0.25) is 0 Å². The second-order valence-electron chi connectivity index (χ2n) is 8.41. The zero-order valence-corrected chi connectivity index (χ0v) is 20.2. The Bertz CT molecular complexity index is 878. The zero-order valence-electron chi connectivity index (χ0n) is 19.4. The normalized spacial score (nSPS) is 23.6. The summed E-state index contributed by atoms with van der Waals surface area (Å²) in [4.78, 5) is 18.3. The number of aliphatic hydroxyl groups is 1. The van der Waals surface area contributed by atoms with Crippen LogP contribution in [-0.2, 0) is 4.79 Å². The minimum atomic E-state index is -0.0189. The van der Waals surface area contributed by atoms with Crippen LogP contribution < -0.4 is 0 Å². The molecule has 2 heterocycles. The summed E-state index contributed by atoms with van der Waals surface area (Å²) in [6.07, 6.45) is 14.0. The number of hydrazine groups is 1. The summed E-state index contributed by atoms with van der Waals surface area (Å²) in [6, 6.07) is 0. The molecule has 6 nitrogen and oxygen atoms in total. The Morgan fingerprint density at radius 1 is 1.28 bits per heavy atom. The lowest BCUT2D eigenvalue weighted by atomic mass is 10.0. The van der Waals surface area contributed by atoms with E-state index < -0.39 is 0 Å². The molecular weight excluding hydrogens is 424 g/mol. The number of hydrogen-bond donors (Lipinski definition) is 1. The molecule has 1 amide bonds. The fourth-order valence-corrected chi connectivity index (χ4v) is 4.72. The number of hydrogen-bond acceptors (Lipinski definition) is 5. The monoisotopic (exact) mass is 458 g/mol. The first-order valence-electron chi connectivity index (χ1n) is 11.4. The first-order chi connectivity index (χ1) is 15.4. The first-order valence-corrected chi connectivity index (χ1v) is 11.8. The zero-order chi connectivity index (χ0) is 23.3. The van der Waals surface area contributed by atoms with E-state index in [0.29, 0.717) is 17.0 Å². The number of amides is 1. The highest BCUT2D eigenvalue weighted by Gasteiger charge is 2.42. The Kier molecular flexibility index (Phi) is 8.40. The Hall–Kier alpha value is -2.28. The molecule has 1 N–H and O–H groups in total. The van der Waals surface area contributed by atoms with Crippen molar-refractivity contribution in [1.82, 2.24) is 19.8 Å². The molecule has 32 heavy (non-hydrogen) atoms. The minimum absolute atomic E-state index is 0.00786. The van der Waals surface area contributed by atoms with E-state index in [-0.39, 0.29) is 17.8 Å². The van der Waals surface area contributed by atoms with Crippen LogP contribution in [0.25, 0.3) is 0 Å². The number of aliphatic hydroxyl groups excluding tert-OH is 1. The standard InChI is InChI=1S/C25H35ClN4O2/c1-5-9-23-27(4)22-11-8-7-10-21(26)24(22)25(32)30(23)29-16-14-28(15-17-29)18-20(6-2)13-12-19(3)31/h6-8,11-13,23,31H,3,5,9-10,14-18H2,1-2,4H3/b13-12-,20-6+. The van der Waals surface area contributed by atoms with Gasteiger partial charge >= 0.3 is 0 Å². The highest BCUT2D eigenvalue weighted by molar-refractivity contribution is 6.32. The number of rotatable bonds is 7. The summed E-state index contributed by atoms with van der Waals surface area (Å²) in [5.74, 6) is 0.0625. The van der Waals surface area contributed by atoms with Gasteiger partial charge in [0.25, 0.3) is 5.91 Å². The van der Waals surface area contributed by atoms with Crippen molar-refractivity contribution in [2.45, 2.75) is 39.3 Å². The van der Waals surface area contributed by atoms with Gasteiger partial charge in [-0.05, 0) is 31.1 Å². The van der Waals surface area contributed by atoms with E-state index in [9.17, 15) is 9.90 Å². The highest BCUT2D eigenvalue weighted by atomic mass is 35.5. The fraction of sp³-hybridized carbons (Fsp3) is 0.480. The molecule has 2 fully saturated rings. The van der Waals surface area contributed by atoms with Crippen LogP contribution in [-0.4, -0.2) is 76.8 Å². The third kappa shape index (κ3) is 5.37. The van der Waals surface area contributed by atoms with E-state index in [1.165, 1.54) is 0 Å². The van der Waals surface area contributed by atoms with Gasteiger partial charge in [-0.15, -0.1) is 0 Å². The Labute approximate surface area is 197 Å². The van der Waals surface area contributed by atoms with Crippen molar-refractivity contribution in [3.05, 3.63) is 70.7 Å². The summed E-state index contributed by atoms with van der Waals surface area (Å²) in [6.45, 7) is 11.7. The lowest BCUT2D eigenvalue weighted by molar-refractivity contribution is -0.169. The third-order valence-corrected chi connectivity index (χ3v) is 6.56. The number of allylic oxidation sites excluding steroid dienone is 6. The average Bonchev–Trinajstić information content (AvgIpc) is 2.97. The maximum atomic E-state index is 13.7. The number of nitrogens with zero attached hydrogens (tertiary/aromatic N) is 4. The molecule has 1 atom stereocenters. The van der Waals surface area contributed by atoms with Crippen LogP contribution in [0, 0.1) is 0 Å². The lowest BCUT2D eigenvalue weighted by Gasteiger charge is -2.51. The van der Waals surface area contributed by atoms with Crippen LogP contribution >= 0.6 is 11.6 Å². The van der Waals surface area contributed by atoms with Gasteiger partial charge in [-0.25, -0.2) is 10.0 Å². The van der Waals surface area contributed by atoms with Crippen LogP contribution in [0.2, 0.25) is 0 Å². The van der Waals surface area contributed by atoms with Crippen molar-refractivity contribution in [1.29, 1.82) is 0 Å². The molecule has 174 valence electrons. The maximum Gasteiger partial charge on any atom is 0.273 e. The molecule has 1 unspecified atom stereocenters. The van der Waals surface area contributed by atoms with E-state index in [0.717, 1.165) is 56.8 Å². The van der Waals surface area contributed by atoms with E-state index in [1.54, 1.807) is 6.08 Å². The van der Waals surface area contributed by atoms with Crippen molar-refractivity contribution < 1.29 is 9.90 Å². The van der Waals surface area contributed by atoms with Crippen LogP contribution in [0.15, 0.2) is 70.7 Å². The molecule has 3 rings (SSSR count). The van der Waals surface area contributed by atoms with Crippen LogP contribution in [0.4, 0.5) is 0 Å². The molecule has 7 heteroatoms. The van der Waals surface area contributed by atoms with E-state index in [1.807, 2.05) is 36.2 Å². The Balaban J connectivity index is 1.75. The second-order valence-corrected chi connectivity index (χ2v) is 8.87. The highest BCUT2D eigenvalue weighted by Crippen LogP contribution is 2.36. The molecule has 0 bridgehead atoms. The molecule has 3 aliphatic rings. The number of likely N-dealkylation sites (N-methyl/N-ethyl adjacent to an activating group) is 1. The quantitative estimate of drug-likeness (QED) is 0.454. The molecule has 1 aliphatic carbocycles. The second kappa shape index (κ2) is 11.0. The topological polar surface area (TPSA) is 50.3 Å². The predicted molar refractivity (Wildman–Crippen MR) is 131 cm³/mol. The summed E-state index contributed by atoms with van der Waals surface area (Å²) >= 11 is 6.58. The largest absolute Gasteiger partial charge is 0.509 e. The molecule has 0 aromatic carbocycles. The van der Waals surface area contributed by atoms with Gasteiger partial charge in [0.05, 0.1) is 11.3 Å². The van der Waals surface area contributed by atoms with Crippen LogP contribution in [0.1, 0.15) is 33.1 Å². The van der Waals surface area contributed by atoms with E-state index in [4.69, 9.17) is 11.6 Å². The molecule has 0 aromatic heterocycles. The van der Waals surface area contributed by atoms with Gasteiger partial charge in [-0.1, -0.05) is 55.8 Å². The summed E-state index contributed by atoms with van der Waals surface area (Å²) in [7, 11) is 2.06. The maximum absolute atomic E-state index is 13.7. The van der Waals surface area contributed by atoms with Gasteiger partial charge in [0, 0.05) is 51.2 Å². The van der Waals surface area contributed by atoms with Crippen molar-refractivity contribution in [3.8, 4) is 0 Å². The van der Waals surface area contributed by atoms with Crippen molar-refractivity contribution in [2.75, 3.05) is 39.8 Å². The number of halogens is 1. The average molecular weight is 459 g/mol. The van der Waals surface area contributed by atoms with Crippen LogP contribution in [0.5, 0.6) is 0 Å². The van der Waals surface area contributed by atoms with E-state index >= 15 is 0 Å². The molecule has 2 aliphatic heterocycles. The number of carbonyl (C=O) groups is 1. The molecule has 0 aromatic rings. The minimum Gasteiger partial charge on any atom is -0.509 e. The molecular formula is C25H35ClN4O2. The van der Waals surface area contributed by atoms with Gasteiger partial charge in [-0.2, -0.15) is 0 Å². The fourth-order valence-electron chi connectivity index (χ4n) is 4.45. The SMILES string of the molecule is C=C(O)/C=C\C(=C/C)CN1CCN(N2C(=O)C3=C(Cl)CC=CC=C3N(C)C2CCC)CC1. The molecule has 0 spiro atoms. The van der Waals surface area contributed by atoms with Gasteiger partial charge < -0.3 is 10.0 Å². The smallest absolute Gasteiger partial charge is 0.273 e. The Morgan fingerprint density at radius 2 is 2.00 bits per heavy atom. The predicted octanol–water partition coefficient (Wildman–Crippen LogP) is 4.33. The third-order valence-electron chi connectivity index (χ3n) is 6.21. The van der Waals surface area contributed by atoms with Crippen molar-refractivity contribution in [3.63, 3.8) is 0 Å². The lowest BCUT2D eigenvalue weighted by Crippen LogP contribution is -2.64. The van der Waals surface area contributed by atoms with Crippen LogP contribution in [0.3, 0.4) is 0 Å². The number of carbonyl (C=O) groups excluding carboxylic acids is 1. The van der Waals surface area contributed by atoms with Crippen molar-refractivity contribution >= 4 is 17.5 Å². The van der Waals surface area contributed by atoms with Crippen molar-refractivity contribution in [2.24, 2.45) is 0 Å². The Morgan fingerprint density at radius 3 is 2.62 bits per heavy atom.